The van der Waals surface area contributed by atoms with Crippen LogP contribution >= 0.6 is 0 Å². The fraction of sp³-hybridized carbons (Fsp3) is 0.333. The summed E-state index contributed by atoms with van der Waals surface area (Å²) in [5, 5.41) is 0. The molecule has 0 aliphatic rings. The van der Waals surface area contributed by atoms with Crippen LogP contribution < -0.4 is 0 Å². The van der Waals surface area contributed by atoms with E-state index in [1.165, 1.54) is 0 Å². The molecule has 0 bridgehead atoms. The summed E-state index contributed by atoms with van der Waals surface area (Å²) in [7, 11) is -0.123. The van der Waals surface area contributed by atoms with E-state index in [0.29, 0.717) is 6.08 Å². The molecule has 0 saturated heterocycles. The molecule has 0 rings (SSSR count). The summed E-state index contributed by atoms with van der Waals surface area (Å²) in [4.78, 5) is 0. The van der Waals surface area contributed by atoms with E-state index < -0.39 is 5.55 Å². The molecule has 0 atom stereocenters. The van der Waals surface area contributed by atoms with Gasteiger partial charge in [0.15, 0.2) is 0 Å². The summed E-state index contributed by atoms with van der Waals surface area (Å²) in [5.41, 5.74) is -2.56. The van der Waals surface area contributed by atoms with Crippen molar-refractivity contribution in [1.82, 2.24) is 0 Å². The van der Waals surface area contributed by atoms with Crippen molar-refractivity contribution in [3.63, 3.8) is 0 Å². The van der Waals surface area contributed by atoms with E-state index in [0.717, 1.165) is 0 Å². The molecule has 0 aliphatic carbocycles. The van der Waals surface area contributed by atoms with E-state index in [1.54, 1.807) is 0 Å². The van der Waals surface area contributed by atoms with E-state index in [9.17, 15) is 8.78 Å². The van der Waals surface area contributed by atoms with Crippen molar-refractivity contribution >= 4 is 10.2 Å². The molecular weight excluding hydrogens is 102 g/mol. The topological polar surface area (TPSA) is 0 Å². The van der Waals surface area contributed by atoms with E-state index in [2.05, 4.69) is 6.58 Å². The molecule has 0 radical (unpaired) electrons. The Hall–Kier alpha value is -0.183. The van der Waals surface area contributed by atoms with Crippen LogP contribution in [-0.2, 0) is 0 Å². The van der Waals surface area contributed by atoms with Gasteiger partial charge in [0.25, 0.3) is 0 Å². The van der Waals surface area contributed by atoms with Crippen molar-refractivity contribution in [1.29, 1.82) is 0 Å². The molecule has 0 aliphatic heterocycles. The maximum atomic E-state index is 11.4. The van der Waals surface area contributed by atoms with Crippen LogP contribution in [0.15, 0.2) is 12.7 Å². The van der Waals surface area contributed by atoms with Gasteiger partial charge in [0, 0.05) is 0 Å². The van der Waals surface area contributed by atoms with Crippen molar-refractivity contribution in [2.24, 2.45) is 0 Å². The van der Waals surface area contributed by atoms with Gasteiger partial charge < -0.3 is 0 Å². The van der Waals surface area contributed by atoms with Crippen molar-refractivity contribution < 1.29 is 8.78 Å². The number of hydrogen-bond donors (Lipinski definition) is 0. The Morgan fingerprint density at radius 2 is 1.83 bits per heavy atom. The number of hydrogen-bond acceptors (Lipinski definition) is 0. The summed E-state index contributed by atoms with van der Waals surface area (Å²) in [6, 6.07) is 0. The molecule has 0 nitrogen and oxygen atoms in total. The monoisotopic (exact) mass is 108 g/mol. The zero-order valence-electron chi connectivity index (χ0n) is 3.54. The lowest BCUT2D eigenvalue weighted by Crippen LogP contribution is -2.08. The molecule has 0 aromatic carbocycles. The minimum atomic E-state index is -2.56. The number of rotatable bonds is 1. The smallest absolute Gasteiger partial charge is 0.209 e. The fourth-order valence-electron chi connectivity index (χ4n) is 0. The molecule has 0 N–H and O–H groups in total. The Balaban J connectivity index is 3.45. The first kappa shape index (κ1) is 5.82. The van der Waals surface area contributed by atoms with Crippen LogP contribution in [0.25, 0.3) is 0 Å². The molecule has 0 aromatic heterocycles. The standard InChI is InChI=1S/C3H6F2Si/c1-2-3(4,5)6/h2H,1H2,6H3. The van der Waals surface area contributed by atoms with Gasteiger partial charge in [-0.1, -0.05) is 6.58 Å². The molecule has 0 fully saturated rings. The Bertz CT molecular complexity index is 54.3. The van der Waals surface area contributed by atoms with Crippen molar-refractivity contribution in [3.05, 3.63) is 12.7 Å². The van der Waals surface area contributed by atoms with Crippen LogP contribution in [0.5, 0.6) is 0 Å². The van der Waals surface area contributed by atoms with Crippen LogP contribution in [0.1, 0.15) is 0 Å². The summed E-state index contributed by atoms with van der Waals surface area (Å²) >= 11 is 0. The first-order chi connectivity index (χ1) is 2.56. The van der Waals surface area contributed by atoms with Crippen molar-refractivity contribution in [2.75, 3.05) is 0 Å². The number of allylic oxidation sites excluding steroid dienone is 1. The normalized spacial score (nSPS) is 11.7. The molecule has 3 heteroatoms. The van der Waals surface area contributed by atoms with Gasteiger partial charge in [-0.25, -0.2) is 8.78 Å². The lowest BCUT2D eigenvalue weighted by Gasteiger charge is -1.97. The van der Waals surface area contributed by atoms with E-state index in [1.807, 2.05) is 0 Å². The maximum absolute atomic E-state index is 11.4. The summed E-state index contributed by atoms with van der Waals surface area (Å²) in [5.74, 6) is 0. The predicted octanol–water partition coefficient (Wildman–Crippen LogP) is 0.131. The lowest BCUT2D eigenvalue weighted by molar-refractivity contribution is 0.152. The first-order valence-corrected chi connectivity index (χ1v) is 2.57. The van der Waals surface area contributed by atoms with Crippen LogP contribution in [0.4, 0.5) is 8.78 Å². The quantitative estimate of drug-likeness (QED) is 0.331. The lowest BCUT2D eigenvalue weighted by atomic mass is 10.7. The summed E-state index contributed by atoms with van der Waals surface area (Å²) < 4.78 is 22.8. The van der Waals surface area contributed by atoms with Gasteiger partial charge in [-0.3, -0.25) is 0 Å². The molecule has 0 unspecified atom stereocenters. The van der Waals surface area contributed by atoms with E-state index in [-0.39, 0.29) is 10.2 Å². The van der Waals surface area contributed by atoms with E-state index >= 15 is 0 Å². The Morgan fingerprint density at radius 1 is 1.67 bits per heavy atom. The molecule has 0 aromatic rings. The average Bonchev–Trinajstić information content (AvgIpc) is 1.35. The van der Waals surface area contributed by atoms with Gasteiger partial charge in [0.2, 0.25) is 5.55 Å². The van der Waals surface area contributed by atoms with Crippen molar-refractivity contribution in [3.8, 4) is 0 Å². The van der Waals surface area contributed by atoms with Gasteiger partial charge in [-0.05, 0) is 6.08 Å². The Kier molecular flexibility index (Phi) is 1.46. The number of alkyl halides is 2. The highest BCUT2D eigenvalue weighted by Gasteiger charge is 2.12. The molecule has 0 heterocycles. The molecule has 0 spiro atoms. The average molecular weight is 108 g/mol. The van der Waals surface area contributed by atoms with Gasteiger partial charge in [0.05, 0.1) is 10.2 Å². The van der Waals surface area contributed by atoms with Gasteiger partial charge >= 0.3 is 0 Å². The number of halogens is 2. The highest BCUT2D eigenvalue weighted by atomic mass is 28.1. The van der Waals surface area contributed by atoms with Gasteiger partial charge in [0.1, 0.15) is 0 Å². The Morgan fingerprint density at radius 3 is 1.83 bits per heavy atom. The summed E-state index contributed by atoms with van der Waals surface area (Å²) in [6.07, 6.45) is 0.666. The highest BCUT2D eigenvalue weighted by molar-refractivity contribution is 6.14. The third-order valence-corrected chi connectivity index (χ3v) is 0.767. The molecule has 36 valence electrons. The largest absolute Gasteiger partial charge is 0.236 e. The molecule has 0 amide bonds. The second-order valence-corrected chi connectivity index (χ2v) is 2.49. The SMILES string of the molecule is C=CC(F)(F)[SiH3]. The van der Waals surface area contributed by atoms with Crippen LogP contribution in [-0.4, -0.2) is 15.8 Å². The third kappa shape index (κ3) is 3.82. The molecule has 6 heavy (non-hydrogen) atoms. The second-order valence-electron chi connectivity index (χ2n) is 1.16. The zero-order chi connectivity index (χ0) is 5.21. The van der Waals surface area contributed by atoms with Crippen LogP contribution in [0.2, 0.25) is 0 Å². The van der Waals surface area contributed by atoms with Crippen LogP contribution in [0, 0.1) is 0 Å². The third-order valence-electron chi connectivity index (χ3n) is 0.358. The predicted molar refractivity (Wildman–Crippen MR) is 25.1 cm³/mol. The van der Waals surface area contributed by atoms with Crippen LogP contribution in [0.3, 0.4) is 0 Å². The zero-order valence-corrected chi connectivity index (χ0v) is 5.54. The minimum Gasteiger partial charge on any atom is -0.209 e. The van der Waals surface area contributed by atoms with E-state index in [4.69, 9.17) is 0 Å². The highest BCUT2D eigenvalue weighted by Crippen LogP contribution is 2.05. The fourth-order valence-corrected chi connectivity index (χ4v) is 0. The minimum absolute atomic E-state index is 0.123. The molecular formula is C3H6F2Si. The van der Waals surface area contributed by atoms with Gasteiger partial charge in [-0.2, -0.15) is 0 Å². The molecule has 0 saturated carbocycles. The Labute approximate surface area is 38.3 Å². The van der Waals surface area contributed by atoms with Crippen molar-refractivity contribution in [2.45, 2.75) is 5.55 Å². The first-order valence-electron chi connectivity index (χ1n) is 1.57. The van der Waals surface area contributed by atoms with Gasteiger partial charge in [-0.15, -0.1) is 0 Å². The summed E-state index contributed by atoms with van der Waals surface area (Å²) in [6.45, 7) is 2.92. The second kappa shape index (κ2) is 1.51. The maximum Gasteiger partial charge on any atom is 0.236 e.